The number of rotatable bonds is 3. The van der Waals surface area contributed by atoms with Gasteiger partial charge in [0.25, 0.3) is 0 Å². The summed E-state index contributed by atoms with van der Waals surface area (Å²) in [7, 11) is 0. The lowest BCUT2D eigenvalue weighted by Crippen LogP contribution is -2.06. The standard InChI is InChI=1S/C13H13ClFNS/c1-8-10(15)4-3-5-11(8)16-9(2)12-6-7-13(14)17-12/h3-7,9,16H,1-2H3. The van der Waals surface area contributed by atoms with Crippen molar-refractivity contribution in [1.29, 1.82) is 0 Å². The van der Waals surface area contributed by atoms with E-state index in [-0.39, 0.29) is 11.9 Å². The molecule has 0 saturated carbocycles. The summed E-state index contributed by atoms with van der Waals surface area (Å²) in [4.78, 5) is 1.14. The first kappa shape index (κ1) is 12.4. The second kappa shape index (κ2) is 5.07. The zero-order chi connectivity index (χ0) is 12.4. The van der Waals surface area contributed by atoms with Gasteiger partial charge in [-0.2, -0.15) is 0 Å². The highest BCUT2D eigenvalue weighted by atomic mass is 35.5. The summed E-state index contributed by atoms with van der Waals surface area (Å²) >= 11 is 7.43. The topological polar surface area (TPSA) is 12.0 Å². The summed E-state index contributed by atoms with van der Waals surface area (Å²) in [5.74, 6) is -0.189. The number of nitrogens with one attached hydrogen (secondary N) is 1. The van der Waals surface area contributed by atoms with Gasteiger partial charge >= 0.3 is 0 Å². The summed E-state index contributed by atoms with van der Waals surface area (Å²) in [6.45, 7) is 3.80. The molecule has 0 bridgehead atoms. The Morgan fingerprint density at radius 1 is 1.29 bits per heavy atom. The summed E-state index contributed by atoms with van der Waals surface area (Å²) in [5.41, 5.74) is 1.46. The highest BCUT2D eigenvalue weighted by Gasteiger charge is 2.10. The van der Waals surface area contributed by atoms with E-state index >= 15 is 0 Å². The lowest BCUT2D eigenvalue weighted by Gasteiger charge is -2.15. The van der Waals surface area contributed by atoms with Crippen LogP contribution in [0.1, 0.15) is 23.4 Å². The summed E-state index contributed by atoms with van der Waals surface area (Å²) in [6, 6.07) is 9.03. The van der Waals surface area contributed by atoms with Crippen molar-refractivity contribution >= 4 is 28.6 Å². The van der Waals surface area contributed by atoms with Crippen LogP contribution < -0.4 is 5.32 Å². The zero-order valence-electron chi connectivity index (χ0n) is 9.63. The lowest BCUT2D eigenvalue weighted by atomic mass is 10.1. The van der Waals surface area contributed by atoms with Gasteiger partial charge in [0.1, 0.15) is 5.82 Å². The molecular weight excluding hydrogens is 257 g/mol. The predicted molar refractivity (Wildman–Crippen MR) is 72.5 cm³/mol. The molecule has 0 radical (unpaired) electrons. The minimum absolute atomic E-state index is 0.119. The average molecular weight is 270 g/mol. The van der Waals surface area contributed by atoms with Crippen molar-refractivity contribution < 1.29 is 4.39 Å². The van der Waals surface area contributed by atoms with Gasteiger partial charge in [0.2, 0.25) is 0 Å². The van der Waals surface area contributed by atoms with Gasteiger partial charge < -0.3 is 5.32 Å². The molecule has 17 heavy (non-hydrogen) atoms. The fourth-order valence-corrected chi connectivity index (χ4v) is 2.69. The maximum Gasteiger partial charge on any atom is 0.128 e. The van der Waals surface area contributed by atoms with Gasteiger partial charge in [0.15, 0.2) is 0 Å². The van der Waals surface area contributed by atoms with Crippen molar-refractivity contribution in [3.05, 3.63) is 50.9 Å². The van der Waals surface area contributed by atoms with Crippen LogP contribution >= 0.6 is 22.9 Å². The van der Waals surface area contributed by atoms with Crippen LogP contribution in [0, 0.1) is 12.7 Å². The molecule has 4 heteroatoms. The van der Waals surface area contributed by atoms with Gasteiger partial charge in [-0.3, -0.25) is 0 Å². The Bertz CT molecular complexity index is 524. The van der Waals surface area contributed by atoms with Crippen LogP contribution in [0.4, 0.5) is 10.1 Å². The van der Waals surface area contributed by atoms with Crippen molar-refractivity contribution in [3.8, 4) is 0 Å². The lowest BCUT2D eigenvalue weighted by molar-refractivity contribution is 0.618. The third-order valence-corrected chi connectivity index (χ3v) is 4.07. The number of benzene rings is 1. The van der Waals surface area contributed by atoms with E-state index in [0.717, 1.165) is 14.9 Å². The SMILES string of the molecule is Cc1c(F)cccc1NC(C)c1ccc(Cl)s1. The molecule has 1 unspecified atom stereocenters. The Balaban J connectivity index is 2.18. The number of hydrogen-bond donors (Lipinski definition) is 1. The van der Waals surface area contributed by atoms with Crippen molar-refractivity contribution in [3.63, 3.8) is 0 Å². The molecule has 1 atom stereocenters. The Hall–Kier alpha value is -1.06. The monoisotopic (exact) mass is 269 g/mol. The Morgan fingerprint density at radius 3 is 2.71 bits per heavy atom. The van der Waals surface area contributed by atoms with E-state index in [1.807, 2.05) is 25.1 Å². The molecule has 1 nitrogen and oxygen atoms in total. The Morgan fingerprint density at radius 2 is 2.06 bits per heavy atom. The van der Waals surface area contributed by atoms with Gasteiger partial charge in [-0.15, -0.1) is 11.3 Å². The minimum Gasteiger partial charge on any atom is -0.377 e. The van der Waals surface area contributed by atoms with Gasteiger partial charge in [0.05, 0.1) is 10.4 Å². The fraction of sp³-hybridized carbons (Fsp3) is 0.231. The van der Waals surface area contributed by atoms with Crippen molar-refractivity contribution in [2.24, 2.45) is 0 Å². The van der Waals surface area contributed by atoms with Crippen molar-refractivity contribution in [2.45, 2.75) is 19.9 Å². The number of thiophene rings is 1. The molecule has 0 aliphatic heterocycles. The Kier molecular flexibility index (Phi) is 3.69. The van der Waals surface area contributed by atoms with Gasteiger partial charge in [0, 0.05) is 16.1 Å². The molecule has 0 amide bonds. The molecule has 2 rings (SSSR count). The maximum absolute atomic E-state index is 13.4. The molecule has 0 spiro atoms. The molecule has 1 aromatic carbocycles. The third kappa shape index (κ3) is 2.79. The number of halogens is 2. The quantitative estimate of drug-likeness (QED) is 0.825. The first-order chi connectivity index (χ1) is 8.08. The van der Waals surface area contributed by atoms with E-state index in [4.69, 9.17) is 11.6 Å². The number of hydrogen-bond acceptors (Lipinski definition) is 2. The second-order valence-corrected chi connectivity index (χ2v) is 5.67. The molecular formula is C13H13ClFNS. The first-order valence-corrected chi connectivity index (χ1v) is 6.54. The van der Waals surface area contributed by atoms with E-state index in [1.54, 1.807) is 13.0 Å². The van der Waals surface area contributed by atoms with Crippen LogP contribution in [-0.2, 0) is 0 Å². The maximum atomic E-state index is 13.4. The highest BCUT2D eigenvalue weighted by Crippen LogP contribution is 2.30. The summed E-state index contributed by atoms with van der Waals surface area (Å²) < 4.78 is 14.1. The molecule has 1 heterocycles. The zero-order valence-corrected chi connectivity index (χ0v) is 11.2. The van der Waals surface area contributed by atoms with E-state index in [1.165, 1.54) is 17.4 Å². The molecule has 1 aromatic heterocycles. The van der Waals surface area contributed by atoms with E-state index in [9.17, 15) is 4.39 Å². The van der Waals surface area contributed by atoms with Gasteiger partial charge in [-0.05, 0) is 38.1 Å². The molecule has 1 N–H and O–H groups in total. The highest BCUT2D eigenvalue weighted by molar-refractivity contribution is 7.16. The van der Waals surface area contributed by atoms with E-state index in [0.29, 0.717) is 5.56 Å². The minimum atomic E-state index is -0.189. The molecule has 90 valence electrons. The van der Waals surface area contributed by atoms with Crippen LogP contribution in [-0.4, -0.2) is 0 Å². The molecule has 0 saturated heterocycles. The summed E-state index contributed by atoms with van der Waals surface area (Å²) in [6.07, 6.45) is 0. The molecule has 2 aromatic rings. The average Bonchev–Trinajstić information content (AvgIpc) is 2.72. The van der Waals surface area contributed by atoms with Crippen LogP contribution in [0.25, 0.3) is 0 Å². The molecule has 0 aliphatic carbocycles. The normalized spacial score (nSPS) is 12.5. The largest absolute Gasteiger partial charge is 0.377 e. The van der Waals surface area contributed by atoms with Crippen LogP contribution in [0.15, 0.2) is 30.3 Å². The molecule has 0 aliphatic rings. The number of anilines is 1. The third-order valence-electron chi connectivity index (χ3n) is 2.66. The van der Waals surface area contributed by atoms with E-state index < -0.39 is 0 Å². The second-order valence-electron chi connectivity index (χ2n) is 3.92. The van der Waals surface area contributed by atoms with E-state index in [2.05, 4.69) is 5.32 Å². The van der Waals surface area contributed by atoms with Crippen LogP contribution in [0.2, 0.25) is 4.34 Å². The summed E-state index contributed by atoms with van der Waals surface area (Å²) in [5, 5.41) is 3.29. The van der Waals surface area contributed by atoms with Crippen LogP contribution in [0.5, 0.6) is 0 Å². The molecule has 0 fully saturated rings. The van der Waals surface area contributed by atoms with Crippen molar-refractivity contribution in [1.82, 2.24) is 0 Å². The van der Waals surface area contributed by atoms with Crippen LogP contribution in [0.3, 0.4) is 0 Å². The smallest absolute Gasteiger partial charge is 0.128 e. The fourth-order valence-electron chi connectivity index (χ4n) is 1.63. The Labute approximate surface area is 109 Å². The van der Waals surface area contributed by atoms with Crippen molar-refractivity contribution in [2.75, 3.05) is 5.32 Å². The first-order valence-electron chi connectivity index (χ1n) is 5.35. The van der Waals surface area contributed by atoms with Gasteiger partial charge in [-0.1, -0.05) is 17.7 Å². The predicted octanol–water partition coefficient (Wildman–Crippen LogP) is 5.02. The van der Waals surface area contributed by atoms with Gasteiger partial charge in [-0.25, -0.2) is 4.39 Å².